The Morgan fingerprint density at radius 2 is 1.49 bits per heavy atom. The van der Waals surface area contributed by atoms with Crippen molar-refractivity contribution < 1.29 is 48.2 Å². The predicted octanol–water partition coefficient (Wildman–Crippen LogP) is 10.1. The Kier molecular flexibility index (Phi) is 15.4. The molecule has 348 valence electrons. The predicted molar refractivity (Wildman–Crippen MR) is 242 cm³/mol. The first-order valence-corrected chi connectivity index (χ1v) is 24.6. The molecule has 10 heteroatoms. The van der Waals surface area contributed by atoms with Crippen molar-refractivity contribution in [3.8, 4) is 0 Å². The molecule has 6 aliphatic rings. The number of benzene rings is 1. The van der Waals surface area contributed by atoms with Gasteiger partial charge in [0.15, 0.2) is 17.0 Å². The summed E-state index contributed by atoms with van der Waals surface area (Å²) in [6, 6.07) is 9.86. The van der Waals surface area contributed by atoms with Crippen molar-refractivity contribution >= 4 is 11.8 Å². The van der Waals surface area contributed by atoms with Gasteiger partial charge in [-0.05, 0) is 49.8 Å². The van der Waals surface area contributed by atoms with Crippen LogP contribution in [0.2, 0.25) is 0 Å². The van der Waals surface area contributed by atoms with E-state index in [1.54, 1.807) is 19.1 Å². The molecule has 12 unspecified atom stereocenters. The Hall–Kier alpha value is -2.96. The van der Waals surface area contributed by atoms with Crippen molar-refractivity contribution in [3.05, 3.63) is 84.0 Å². The summed E-state index contributed by atoms with van der Waals surface area (Å²) < 4.78 is 40.9. The highest BCUT2D eigenvalue weighted by atomic mass is 16.9. The number of esters is 1. The van der Waals surface area contributed by atoms with Crippen molar-refractivity contribution in [2.75, 3.05) is 6.61 Å². The van der Waals surface area contributed by atoms with E-state index in [9.17, 15) is 19.8 Å². The van der Waals surface area contributed by atoms with Gasteiger partial charge in [-0.3, -0.25) is 9.59 Å². The smallest absolute Gasteiger partial charge is 0.306 e. The fourth-order valence-corrected chi connectivity index (χ4v) is 11.9. The number of hydrogen-bond donors (Lipinski definition) is 2. The maximum Gasteiger partial charge on any atom is 0.306 e. The lowest BCUT2D eigenvalue weighted by Crippen LogP contribution is -2.76. The third-order valence-electron chi connectivity index (χ3n) is 15.3. The molecule has 0 radical (unpaired) electrons. The number of ether oxygens (including phenoxy) is 6. The highest BCUT2D eigenvalue weighted by Crippen LogP contribution is 2.73. The third kappa shape index (κ3) is 8.88. The summed E-state index contributed by atoms with van der Waals surface area (Å²) in [6.07, 6.45) is 25.4. The summed E-state index contributed by atoms with van der Waals surface area (Å²) in [6.45, 7) is 14.4. The fourth-order valence-electron chi connectivity index (χ4n) is 11.9. The zero-order valence-corrected chi connectivity index (χ0v) is 38.8. The number of allylic oxidation sites excluding steroid dienone is 3. The highest BCUT2D eigenvalue weighted by molar-refractivity contribution is 6.05. The standard InChI is InChI=1S/C53H76O10/c1-7-9-11-13-15-16-17-18-19-20-21-23-28-32-42(54)59-36-49-46(60-49)43-47-52(37(3)4)45(58-35-40-30-26-25-27-31-40)39(6)53(43,41-34-38(5)44(55)51(41,57)48(49)56)63-50(61-47,62-52)33-29-24-22-14-12-10-8-2/h22,24-27,29-31,33-34,39,41,43,45-48,56-57H,3,7-21,23,28,32,35-36H2,1-2,4-6H3. The molecule has 7 rings (SSSR count). The number of carbonyl (C=O) groups excluding carboxylic acids is 2. The lowest BCUT2D eigenvalue weighted by molar-refractivity contribution is -0.408. The first-order valence-electron chi connectivity index (χ1n) is 24.6. The van der Waals surface area contributed by atoms with Crippen LogP contribution in [0.25, 0.3) is 0 Å². The van der Waals surface area contributed by atoms with Crippen LogP contribution in [0.15, 0.2) is 78.4 Å². The monoisotopic (exact) mass is 873 g/mol. The molecule has 3 aliphatic heterocycles. The van der Waals surface area contributed by atoms with Gasteiger partial charge in [-0.2, -0.15) is 0 Å². The molecule has 1 aromatic rings. The summed E-state index contributed by atoms with van der Waals surface area (Å²) in [5, 5.41) is 25.5. The van der Waals surface area contributed by atoms with E-state index in [4.69, 9.17) is 28.4 Å². The maximum atomic E-state index is 14.4. The second kappa shape index (κ2) is 20.3. The van der Waals surface area contributed by atoms with E-state index in [1.807, 2.05) is 56.3 Å². The van der Waals surface area contributed by atoms with E-state index < -0.39 is 82.3 Å². The average Bonchev–Trinajstić information content (AvgIpc) is 3.89. The van der Waals surface area contributed by atoms with Gasteiger partial charge in [0.2, 0.25) is 0 Å². The Morgan fingerprint density at radius 1 is 0.857 bits per heavy atom. The number of fused-ring (bicyclic) bond motifs is 3. The summed E-state index contributed by atoms with van der Waals surface area (Å²) in [7, 11) is 0. The van der Waals surface area contributed by atoms with Crippen LogP contribution in [0.1, 0.15) is 156 Å². The largest absolute Gasteiger partial charge is 0.462 e. The summed E-state index contributed by atoms with van der Waals surface area (Å²) in [4.78, 5) is 27.7. The zero-order chi connectivity index (χ0) is 44.9. The lowest BCUT2D eigenvalue weighted by atomic mass is 9.53. The van der Waals surface area contributed by atoms with Crippen molar-refractivity contribution in [1.29, 1.82) is 0 Å². The molecule has 1 aromatic carbocycles. The first kappa shape index (κ1) is 48.0. The second-order valence-electron chi connectivity index (χ2n) is 19.6. The molecule has 3 aliphatic carbocycles. The van der Waals surface area contributed by atoms with E-state index in [-0.39, 0.29) is 19.6 Å². The number of Topliss-reactive ketones (excluding diaryl/α,β-unsaturated/α-hetero) is 1. The molecular formula is C53H76O10. The molecule has 0 spiro atoms. The van der Waals surface area contributed by atoms with Gasteiger partial charge in [-0.15, -0.1) is 0 Å². The molecule has 12 atom stereocenters. The molecule has 2 N–H and O–H groups in total. The Balaban J connectivity index is 1.12. The Bertz CT molecular complexity index is 1840. The zero-order valence-electron chi connectivity index (χ0n) is 38.8. The summed E-state index contributed by atoms with van der Waals surface area (Å²) >= 11 is 0. The number of aliphatic hydroxyl groups excluding tert-OH is 1. The molecule has 63 heavy (non-hydrogen) atoms. The fraction of sp³-hybridized carbons (Fsp3) is 0.698. The van der Waals surface area contributed by atoms with Crippen LogP contribution in [-0.2, 0) is 44.6 Å². The lowest BCUT2D eigenvalue weighted by Gasteiger charge is -2.61. The Morgan fingerprint density at radius 3 is 2.14 bits per heavy atom. The second-order valence-corrected chi connectivity index (χ2v) is 19.6. The SMILES string of the molecule is C=C(C)C12OC3(C=CC=CCCCCC)OC1C1C4OC4(COC(=O)CCCCCCCCCCCCCCC)C(O)C4(O)C(=O)C(C)=CC4C1(O3)C(C)C2OCc1ccccc1. The number of rotatable bonds is 26. The quantitative estimate of drug-likeness (QED) is 0.0305. The van der Waals surface area contributed by atoms with E-state index >= 15 is 0 Å². The third-order valence-corrected chi connectivity index (χ3v) is 15.3. The van der Waals surface area contributed by atoms with Crippen molar-refractivity contribution in [1.82, 2.24) is 0 Å². The number of hydrogen-bond acceptors (Lipinski definition) is 10. The molecule has 5 fully saturated rings. The highest BCUT2D eigenvalue weighted by Gasteiger charge is 2.90. The van der Waals surface area contributed by atoms with E-state index in [0.29, 0.717) is 17.6 Å². The number of aliphatic hydroxyl groups is 2. The normalized spacial score (nSPS) is 37.2. The number of carbonyl (C=O) groups is 2. The molecule has 3 saturated heterocycles. The van der Waals surface area contributed by atoms with E-state index in [1.165, 1.54) is 57.8 Å². The Labute approximate surface area is 376 Å². The van der Waals surface area contributed by atoms with E-state index in [2.05, 4.69) is 26.5 Å². The van der Waals surface area contributed by atoms with Gasteiger partial charge in [-0.25, -0.2) is 0 Å². The summed E-state index contributed by atoms with van der Waals surface area (Å²) in [5.74, 6) is -5.11. The van der Waals surface area contributed by atoms with Crippen LogP contribution in [0.4, 0.5) is 0 Å². The van der Waals surface area contributed by atoms with Crippen LogP contribution in [0.3, 0.4) is 0 Å². The van der Waals surface area contributed by atoms with Gasteiger partial charge in [0.05, 0.1) is 18.3 Å². The van der Waals surface area contributed by atoms with Crippen LogP contribution < -0.4 is 0 Å². The van der Waals surface area contributed by atoms with E-state index in [0.717, 1.165) is 50.5 Å². The minimum Gasteiger partial charge on any atom is -0.462 e. The van der Waals surface area contributed by atoms with Gasteiger partial charge in [0, 0.05) is 30.3 Å². The van der Waals surface area contributed by atoms with Crippen molar-refractivity contribution in [3.63, 3.8) is 0 Å². The van der Waals surface area contributed by atoms with Gasteiger partial charge in [0.1, 0.15) is 30.5 Å². The molecule has 0 amide bonds. The molecule has 3 bridgehead atoms. The minimum absolute atomic E-state index is 0.231. The van der Waals surface area contributed by atoms with Crippen LogP contribution in [0, 0.1) is 17.8 Å². The maximum absolute atomic E-state index is 14.4. The van der Waals surface area contributed by atoms with Gasteiger partial charge >= 0.3 is 11.9 Å². The van der Waals surface area contributed by atoms with Gasteiger partial charge in [0.25, 0.3) is 0 Å². The minimum atomic E-state index is -2.38. The molecule has 10 nitrogen and oxygen atoms in total. The van der Waals surface area contributed by atoms with Crippen LogP contribution in [-0.4, -0.2) is 81.4 Å². The topological polar surface area (TPSA) is 133 Å². The number of unbranched alkanes of at least 4 members (excludes halogenated alkanes) is 15. The summed E-state index contributed by atoms with van der Waals surface area (Å²) in [5.41, 5.74) is -4.77. The molecule has 2 saturated carbocycles. The van der Waals surface area contributed by atoms with Crippen LogP contribution >= 0.6 is 0 Å². The molecule has 3 heterocycles. The molecular weight excluding hydrogens is 797 g/mol. The average molecular weight is 873 g/mol. The van der Waals surface area contributed by atoms with Gasteiger partial charge in [-0.1, -0.05) is 172 Å². The van der Waals surface area contributed by atoms with Crippen molar-refractivity contribution in [2.45, 2.75) is 210 Å². The number of ketones is 1. The van der Waals surface area contributed by atoms with Crippen molar-refractivity contribution in [2.24, 2.45) is 17.8 Å². The number of epoxide rings is 1. The first-order chi connectivity index (χ1) is 30.4. The van der Waals surface area contributed by atoms with Crippen LogP contribution in [0.5, 0.6) is 0 Å². The van der Waals surface area contributed by atoms with Gasteiger partial charge < -0.3 is 38.6 Å². The molecule has 0 aromatic heterocycles.